The van der Waals surface area contributed by atoms with Gasteiger partial charge in [0, 0.05) is 32.6 Å². The molecule has 0 atom stereocenters. The number of nitrogens with one attached hydrogen (secondary N) is 1. The van der Waals surface area contributed by atoms with E-state index in [0.29, 0.717) is 19.4 Å². The molecule has 0 saturated heterocycles. The van der Waals surface area contributed by atoms with Crippen LogP contribution < -0.4 is 5.32 Å². The lowest BCUT2D eigenvalue weighted by Gasteiger charge is -2.04. The van der Waals surface area contributed by atoms with Crippen molar-refractivity contribution in [3.05, 3.63) is 36.5 Å². The van der Waals surface area contributed by atoms with Crippen molar-refractivity contribution >= 4 is 11.9 Å². The topological polar surface area (TPSA) is 64.6 Å². The summed E-state index contributed by atoms with van der Waals surface area (Å²) in [7, 11) is 0. The first-order valence-corrected chi connectivity index (χ1v) is 30.5. The predicted octanol–water partition coefficient (Wildman–Crippen LogP) is 21.0. The van der Waals surface area contributed by atoms with E-state index in [4.69, 9.17) is 9.47 Å². The summed E-state index contributed by atoms with van der Waals surface area (Å²) in [5.41, 5.74) is 0. The molecule has 1 N–H and O–H groups in total. The molecule has 0 aliphatic rings. The number of amides is 1. The number of hydrogen-bond donors (Lipinski definition) is 1. The normalized spacial score (nSPS) is 11.3. The maximum atomic E-state index is 11.3. The van der Waals surface area contributed by atoms with Crippen LogP contribution in [0.5, 0.6) is 0 Å². The van der Waals surface area contributed by atoms with E-state index in [1.165, 1.54) is 238 Å². The molecule has 0 aliphatic carbocycles. The third kappa shape index (κ3) is 73.1. The van der Waals surface area contributed by atoms with E-state index in [1.54, 1.807) is 0 Å². The maximum Gasteiger partial charge on any atom is 0.305 e. The fourth-order valence-corrected chi connectivity index (χ4v) is 8.07. The highest BCUT2D eigenvalue weighted by Crippen LogP contribution is 2.13. The molecule has 0 aromatic heterocycles. The van der Waals surface area contributed by atoms with E-state index in [2.05, 4.69) is 69.5 Å². The standard InChI is InChI=1S/C21H41NO.C21H40O2.C21H42O/c1-3-5-6-7-8-9-10-11-12-13-14-15-16-17-18-20-22-21(23)19-4-2;1-3-5-6-7-8-9-10-11-12-13-14-15-16-17-18-19-21(22)23-20-4-2;1-3-5-6-7-8-9-10-11-12-13-14-15-16-17-18-19-21-22-20-4-2/h11-12H,3-10,13-20H2,1-2H3,(H,22,23);11-12H,3-10,13-20H2,1-2H3;11-12H,3-10,13-21H2,1-2H3/b3*12-11-. The minimum Gasteiger partial charge on any atom is -0.466 e. The van der Waals surface area contributed by atoms with E-state index in [9.17, 15) is 9.59 Å². The van der Waals surface area contributed by atoms with Crippen LogP contribution in [0.15, 0.2) is 36.5 Å². The lowest BCUT2D eigenvalue weighted by Crippen LogP contribution is -2.23. The van der Waals surface area contributed by atoms with Crippen molar-refractivity contribution in [2.24, 2.45) is 0 Å². The van der Waals surface area contributed by atoms with Gasteiger partial charge in [0.05, 0.1) is 6.61 Å². The molecule has 0 aromatic rings. The van der Waals surface area contributed by atoms with Crippen LogP contribution in [-0.2, 0) is 19.1 Å². The second-order valence-electron chi connectivity index (χ2n) is 19.8. The molecule has 0 bridgehead atoms. The summed E-state index contributed by atoms with van der Waals surface area (Å²) in [6.45, 7) is 16.4. The summed E-state index contributed by atoms with van der Waals surface area (Å²) in [6.07, 6.45) is 71.6. The van der Waals surface area contributed by atoms with Crippen molar-refractivity contribution in [3.63, 3.8) is 0 Å². The quantitative estimate of drug-likeness (QED) is 0.0375. The Bertz CT molecular complexity index is 1010. The molecule has 5 nitrogen and oxygen atoms in total. The largest absolute Gasteiger partial charge is 0.466 e. The zero-order valence-corrected chi connectivity index (χ0v) is 47.2. The molecule has 5 heteroatoms. The van der Waals surface area contributed by atoms with Gasteiger partial charge in [0.25, 0.3) is 0 Å². The number of allylic oxidation sites excluding steroid dienone is 6. The van der Waals surface area contributed by atoms with Gasteiger partial charge >= 0.3 is 5.97 Å². The molecule has 0 radical (unpaired) electrons. The van der Waals surface area contributed by atoms with Crippen LogP contribution in [0.1, 0.15) is 330 Å². The molecule has 0 aliphatic heterocycles. The first-order valence-electron chi connectivity index (χ1n) is 30.5. The highest BCUT2D eigenvalue weighted by atomic mass is 16.5. The SMILES string of the molecule is CCCCCCCC/C=C\CCCCCCCC(=O)OCCC.CCCCCCCC/C=C\CCCCCCCCOCCC.CCCCCCCC/C=C\CCCCCCCNC(=O)CCC. The third-order valence-electron chi connectivity index (χ3n) is 12.5. The number of rotatable bonds is 52. The minimum absolute atomic E-state index is 0.0236. The number of ether oxygens (including phenoxy) is 2. The maximum absolute atomic E-state index is 11.3. The van der Waals surface area contributed by atoms with Crippen LogP contribution in [0.2, 0.25) is 0 Å². The molecule has 0 aromatic carbocycles. The molecular weight excluding hydrogens is 835 g/mol. The Hall–Kier alpha value is -1.88. The Balaban J connectivity index is -0.000000932. The molecule has 0 rings (SSSR count). The molecular formula is C63H123NO4. The summed E-state index contributed by atoms with van der Waals surface area (Å²) in [6, 6.07) is 0. The highest BCUT2D eigenvalue weighted by Gasteiger charge is 2.02. The summed E-state index contributed by atoms with van der Waals surface area (Å²) in [5, 5.41) is 2.98. The van der Waals surface area contributed by atoms with Gasteiger partial charge in [-0.1, -0.05) is 239 Å². The van der Waals surface area contributed by atoms with Gasteiger partial charge in [-0.15, -0.1) is 0 Å². The molecule has 0 heterocycles. The average Bonchev–Trinajstić information content (AvgIpc) is 3.34. The molecule has 404 valence electrons. The van der Waals surface area contributed by atoms with Gasteiger partial charge in [0.1, 0.15) is 0 Å². The van der Waals surface area contributed by atoms with Gasteiger partial charge in [-0.05, 0) is 116 Å². The van der Waals surface area contributed by atoms with Crippen LogP contribution in [0.3, 0.4) is 0 Å². The van der Waals surface area contributed by atoms with Gasteiger partial charge < -0.3 is 14.8 Å². The lowest BCUT2D eigenvalue weighted by atomic mass is 10.1. The summed E-state index contributed by atoms with van der Waals surface area (Å²) in [5.74, 6) is 0.187. The van der Waals surface area contributed by atoms with Crippen molar-refractivity contribution in [1.29, 1.82) is 0 Å². The van der Waals surface area contributed by atoms with Gasteiger partial charge in [0.2, 0.25) is 5.91 Å². The first-order chi connectivity index (χ1) is 33.5. The second kappa shape index (κ2) is 69.4. The van der Waals surface area contributed by atoms with Crippen LogP contribution >= 0.6 is 0 Å². The number of carbonyl (C=O) groups is 2. The van der Waals surface area contributed by atoms with Crippen LogP contribution in [0.4, 0.5) is 0 Å². The molecule has 0 fully saturated rings. The third-order valence-corrected chi connectivity index (χ3v) is 12.5. The lowest BCUT2D eigenvalue weighted by molar-refractivity contribution is -0.143. The highest BCUT2D eigenvalue weighted by molar-refractivity contribution is 5.75. The molecule has 0 spiro atoms. The van der Waals surface area contributed by atoms with Gasteiger partial charge in [-0.25, -0.2) is 0 Å². The van der Waals surface area contributed by atoms with Gasteiger partial charge in [-0.3, -0.25) is 9.59 Å². The minimum atomic E-state index is -0.0236. The summed E-state index contributed by atoms with van der Waals surface area (Å²) in [4.78, 5) is 22.6. The Morgan fingerprint density at radius 2 is 0.632 bits per heavy atom. The van der Waals surface area contributed by atoms with Crippen molar-refractivity contribution in [1.82, 2.24) is 5.32 Å². The number of esters is 1. The molecule has 1 amide bonds. The van der Waals surface area contributed by atoms with Crippen LogP contribution in [0, 0.1) is 0 Å². The van der Waals surface area contributed by atoms with E-state index in [0.717, 1.165) is 58.3 Å². The predicted molar refractivity (Wildman–Crippen MR) is 304 cm³/mol. The van der Waals surface area contributed by atoms with Crippen molar-refractivity contribution in [2.75, 3.05) is 26.4 Å². The van der Waals surface area contributed by atoms with Crippen molar-refractivity contribution in [3.8, 4) is 0 Å². The fraction of sp³-hybridized carbons (Fsp3) is 0.873. The number of hydrogen-bond acceptors (Lipinski definition) is 4. The molecule has 0 unspecified atom stereocenters. The molecule has 0 saturated carbocycles. The zero-order valence-electron chi connectivity index (χ0n) is 47.2. The molecule has 68 heavy (non-hydrogen) atoms. The first kappa shape index (κ1) is 70.4. The Morgan fingerprint density at radius 3 is 0.985 bits per heavy atom. The Labute approximate surface area is 427 Å². The van der Waals surface area contributed by atoms with Crippen molar-refractivity contribution < 1.29 is 19.1 Å². The van der Waals surface area contributed by atoms with E-state index < -0.39 is 0 Å². The average molecular weight is 959 g/mol. The van der Waals surface area contributed by atoms with Crippen molar-refractivity contribution in [2.45, 2.75) is 330 Å². The van der Waals surface area contributed by atoms with E-state index in [-0.39, 0.29) is 11.9 Å². The van der Waals surface area contributed by atoms with Gasteiger partial charge in [-0.2, -0.15) is 0 Å². The van der Waals surface area contributed by atoms with E-state index >= 15 is 0 Å². The fourth-order valence-electron chi connectivity index (χ4n) is 8.07. The summed E-state index contributed by atoms with van der Waals surface area (Å²) >= 11 is 0. The Morgan fingerprint density at radius 1 is 0.309 bits per heavy atom. The van der Waals surface area contributed by atoms with Crippen LogP contribution in [0.25, 0.3) is 0 Å². The number of unbranched alkanes of at least 4 members (excludes halogenated alkanes) is 34. The monoisotopic (exact) mass is 958 g/mol. The van der Waals surface area contributed by atoms with E-state index in [1.807, 2.05) is 13.8 Å². The smallest absolute Gasteiger partial charge is 0.305 e. The van der Waals surface area contributed by atoms with Crippen LogP contribution in [-0.4, -0.2) is 38.2 Å². The second-order valence-corrected chi connectivity index (χ2v) is 19.8. The van der Waals surface area contributed by atoms with Gasteiger partial charge in [0.15, 0.2) is 0 Å². The number of carbonyl (C=O) groups excluding carboxylic acids is 2. The zero-order chi connectivity index (χ0) is 50.2. The summed E-state index contributed by atoms with van der Waals surface area (Å²) < 4.78 is 10.6. The Kier molecular flexibility index (Phi) is 71.8.